The monoisotopic (exact) mass is 249 g/mol. The van der Waals surface area contributed by atoms with Crippen LogP contribution in [0.5, 0.6) is 0 Å². The highest BCUT2D eigenvalue weighted by atomic mass is 16.5. The SMILES string of the molecule is COC(C)CCn1c(=O)n(C)c2ccc(N)cc21. The minimum atomic E-state index is -0.0149. The summed E-state index contributed by atoms with van der Waals surface area (Å²) in [5.41, 5.74) is 8.22. The van der Waals surface area contributed by atoms with Crippen molar-refractivity contribution in [2.24, 2.45) is 7.05 Å². The van der Waals surface area contributed by atoms with Crippen molar-refractivity contribution in [3.8, 4) is 0 Å². The molecule has 0 amide bonds. The number of aromatic nitrogens is 2. The minimum absolute atomic E-state index is 0.0149. The van der Waals surface area contributed by atoms with Gasteiger partial charge in [-0.2, -0.15) is 0 Å². The zero-order valence-corrected chi connectivity index (χ0v) is 11.0. The van der Waals surface area contributed by atoms with E-state index in [-0.39, 0.29) is 11.8 Å². The number of ether oxygens (including phenoxy) is 1. The number of aryl methyl sites for hydroxylation is 2. The number of anilines is 1. The first-order valence-electron chi connectivity index (χ1n) is 6.02. The molecule has 18 heavy (non-hydrogen) atoms. The minimum Gasteiger partial charge on any atom is -0.399 e. The van der Waals surface area contributed by atoms with Crippen molar-refractivity contribution in [2.75, 3.05) is 12.8 Å². The molecule has 2 rings (SSSR count). The van der Waals surface area contributed by atoms with Gasteiger partial charge in [-0.1, -0.05) is 0 Å². The van der Waals surface area contributed by atoms with Crippen LogP contribution in [-0.4, -0.2) is 22.3 Å². The fourth-order valence-corrected chi connectivity index (χ4v) is 2.07. The maximum Gasteiger partial charge on any atom is 0.328 e. The molecule has 0 radical (unpaired) electrons. The Morgan fingerprint density at radius 2 is 2.11 bits per heavy atom. The van der Waals surface area contributed by atoms with Crippen molar-refractivity contribution in [1.29, 1.82) is 0 Å². The highest BCUT2D eigenvalue weighted by Crippen LogP contribution is 2.16. The molecule has 1 aromatic heterocycles. The van der Waals surface area contributed by atoms with E-state index in [1.54, 1.807) is 23.3 Å². The first kappa shape index (κ1) is 12.7. The summed E-state index contributed by atoms with van der Waals surface area (Å²) < 4.78 is 8.60. The number of hydrogen-bond donors (Lipinski definition) is 1. The molecule has 0 spiro atoms. The lowest BCUT2D eigenvalue weighted by molar-refractivity contribution is 0.107. The van der Waals surface area contributed by atoms with Gasteiger partial charge in [0, 0.05) is 26.4 Å². The van der Waals surface area contributed by atoms with E-state index in [4.69, 9.17) is 10.5 Å². The summed E-state index contributed by atoms with van der Waals surface area (Å²) in [6.45, 7) is 2.62. The Balaban J connectivity index is 2.46. The van der Waals surface area contributed by atoms with Crippen molar-refractivity contribution in [3.05, 3.63) is 28.7 Å². The lowest BCUT2D eigenvalue weighted by Gasteiger charge is -2.09. The fraction of sp³-hybridized carbons (Fsp3) is 0.462. The van der Waals surface area contributed by atoms with E-state index in [2.05, 4.69) is 0 Å². The summed E-state index contributed by atoms with van der Waals surface area (Å²) in [6, 6.07) is 5.53. The Bertz CT molecular complexity index is 612. The zero-order valence-electron chi connectivity index (χ0n) is 11.0. The average Bonchev–Trinajstić information content (AvgIpc) is 2.59. The lowest BCUT2D eigenvalue weighted by atomic mass is 10.2. The summed E-state index contributed by atoms with van der Waals surface area (Å²) in [7, 11) is 3.45. The van der Waals surface area contributed by atoms with Gasteiger partial charge in [0.05, 0.1) is 17.1 Å². The van der Waals surface area contributed by atoms with Gasteiger partial charge >= 0.3 is 5.69 Å². The molecule has 0 bridgehead atoms. The van der Waals surface area contributed by atoms with Gasteiger partial charge in [0.25, 0.3) is 0 Å². The zero-order chi connectivity index (χ0) is 13.3. The van der Waals surface area contributed by atoms with Gasteiger partial charge in [0.15, 0.2) is 0 Å². The number of nitrogens with two attached hydrogens (primary N) is 1. The number of imidazole rings is 1. The first-order chi connectivity index (χ1) is 8.54. The maximum atomic E-state index is 12.1. The standard InChI is InChI=1S/C13H19N3O2/c1-9(18-3)6-7-16-12-8-10(14)4-5-11(12)15(2)13(16)17/h4-5,8-9H,6-7,14H2,1-3H3. The van der Waals surface area contributed by atoms with Gasteiger partial charge in [-0.25, -0.2) is 4.79 Å². The average molecular weight is 249 g/mol. The summed E-state index contributed by atoms with van der Waals surface area (Å²) in [5, 5.41) is 0. The fourth-order valence-electron chi connectivity index (χ4n) is 2.07. The molecule has 98 valence electrons. The lowest BCUT2D eigenvalue weighted by Crippen LogP contribution is -2.24. The number of nitrogen functional groups attached to an aromatic ring is 1. The second kappa shape index (κ2) is 4.86. The van der Waals surface area contributed by atoms with E-state index in [9.17, 15) is 4.79 Å². The van der Waals surface area contributed by atoms with Gasteiger partial charge in [-0.3, -0.25) is 9.13 Å². The van der Waals surface area contributed by atoms with Crippen molar-refractivity contribution in [1.82, 2.24) is 9.13 Å². The highest BCUT2D eigenvalue weighted by molar-refractivity contribution is 5.79. The molecule has 1 unspecified atom stereocenters. The van der Waals surface area contributed by atoms with Crippen molar-refractivity contribution in [2.45, 2.75) is 26.0 Å². The number of nitrogens with zero attached hydrogens (tertiary/aromatic N) is 2. The van der Waals surface area contributed by atoms with Crippen LogP contribution < -0.4 is 11.4 Å². The van der Waals surface area contributed by atoms with Gasteiger partial charge in [-0.05, 0) is 31.5 Å². The van der Waals surface area contributed by atoms with Crippen LogP contribution in [0.4, 0.5) is 5.69 Å². The molecule has 1 atom stereocenters. The molecular weight excluding hydrogens is 230 g/mol. The van der Waals surface area contributed by atoms with Crippen LogP contribution in [0.1, 0.15) is 13.3 Å². The van der Waals surface area contributed by atoms with Crippen LogP contribution in [0.3, 0.4) is 0 Å². The van der Waals surface area contributed by atoms with Crippen molar-refractivity contribution in [3.63, 3.8) is 0 Å². The summed E-state index contributed by atoms with van der Waals surface area (Å²) >= 11 is 0. The van der Waals surface area contributed by atoms with Gasteiger partial charge < -0.3 is 10.5 Å². The molecular formula is C13H19N3O2. The Morgan fingerprint density at radius 1 is 1.39 bits per heavy atom. The normalized spacial score (nSPS) is 13.1. The Labute approximate surface area is 106 Å². The third-order valence-electron chi connectivity index (χ3n) is 3.33. The summed E-state index contributed by atoms with van der Waals surface area (Å²) in [5.74, 6) is 0. The van der Waals surface area contributed by atoms with Crippen LogP contribution in [-0.2, 0) is 18.3 Å². The molecule has 5 heteroatoms. The van der Waals surface area contributed by atoms with E-state index >= 15 is 0 Å². The predicted molar refractivity (Wildman–Crippen MR) is 72.7 cm³/mol. The Hall–Kier alpha value is -1.75. The Morgan fingerprint density at radius 3 is 2.78 bits per heavy atom. The first-order valence-corrected chi connectivity index (χ1v) is 6.02. The van der Waals surface area contributed by atoms with Crippen LogP contribution in [0.15, 0.2) is 23.0 Å². The van der Waals surface area contributed by atoms with E-state index in [1.807, 2.05) is 25.1 Å². The van der Waals surface area contributed by atoms with E-state index in [0.717, 1.165) is 17.5 Å². The highest BCUT2D eigenvalue weighted by Gasteiger charge is 2.11. The largest absolute Gasteiger partial charge is 0.399 e. The molecule has 5 nitrogen and oxygen atoms in total. The Kier molecular flexibility index (Phi) is 3.43. The molecule has 1 aromatic carbocycles. The van der Waals surface area contributed by atoms with Crippen LogP contribution in [0.2, 0.25) is 0 Å². The van der Waals surface area contributed by atoms with Crippen LogP contribution in [0.25, 0.3) is 11.0 Å². The van der Waals surface area contributed by atoms with E-state index < -0.39 is 0 Å². The molecule has 0 aliphatic heterocycles. The van der Waals surface area contributed by atoms with Crippen LogP contribution in [0, 0.1) is 0 Å². The third kappa shape index (κ3) is 2.13. The summed E-state index contributed by atoms with van der Waals surface area (Å²) in [4.78, 5) is 12.1. The van der Waals surface area contributed by atoms with E-state index in [0.29, 0.717) is 12.2 Å². The van der Waals surface area contributed by atoms with Crippen LogP contribution >= 0.6 is 0 Å². The second-order valence-electron chi connectivity index (χ2n) is 4.58. The second-order valence-corrected chi connectivity index (χ2v) is 4.58. The number of methoxy groups -OCH3 is 1. The number of hydrogen-bond acceptors (Lipinski definition) is 3. The molecule has 2 aromatic rings. The smallest absolute Gasteiger partial charge is 0.328 e. The van der Waals surface area contributed by atoms with Gasteiger partial charge in [0.2, 0.25) is 0 Å². The topological polar surface area (TPSA) is 62.2 Å². The summed E-state index contributed by atoms with van der Waals surface area (Å²) in [6.07, 6.45) is 0.929. The van der Waals surface area contributed by atoms with Crippen molar-refractivity contribution >= 4 is 16.7 Å². The molecule has 0 saturated heterocycles. The van der Waals surface area contributed by atoms with E-state index in [1.165, 1.54) is 0 Å². The molecule has 0 aliphatic carbocycles. The predicted octanol–water partition coefficient (Wildman–Crippen LogP) is 1.35. The number of rotatable bonds is 4. The molecule has 2 N–H and O–H groups in total. The molecule has 1 heterocycles. The van der Waals surface area contributed by atoms with Gasteiger partial charge in [0.1, 0.15) is 0 Å². The maximum absolute atomic E-state index is 12.1. The quantitative estimate of drug-likeness (QED) is 0.832. The van der Waals surface area contributed by atoms with Gasteiger partial charge in [-0.15, -0.1) is 0 Å². The molecule has 0 fully saturated rings. The molecule has 0 aliphatic rings. The number of fused-ring (bicyclic) bond motifs is 1. The van der Waals surface area contributed by atoms with Crippen molar-refractivity contribution < 1.29 is 4.74 Å². The number of benzene rings is 1. The molecule has 0 saturated carbocycles. The third-order valence-corrected chi connectivity index (χ3v) is 3.33.